The minimum Gasteiger partial charge on any atom is -0.392 e. The van der Waals surface area contributed by atoms with E-state index in [2.05, 4.69) is 26.8 Å². The van der Waals surface area contributed by atoms with E-state index < -0.39 is 6.29 Å². The summed E-state index contributed by atoms with van der Waals surface area (Å²) < 4.78 is 28.3. The average molecular weight is 441 g/mol. The first-order valence-electron chi connectivity index (χ1n) is 11.6. The standard InChI is InChI=1S/C25H44O6/c1-9-20(27-5)17(4)18-13-19(18)23(26)15(2)11-10-12-16(3)24-21(28-6)14-22(29-7)25(30-8)31-24/h10-12,15,17-26H,9,13-14H2,1-8H3/b11-10+,16-12+/t15-,17-,18+,19-,20-,21+,22+,23+,24-,25+/m0/s1. The van der Waals surface area contributed by atoms with Crippen molar-refractivity contribution in [2.75, 3.05) is 28.4 Å². The number of aliphatic hydroxyl groups is 1. The van der Waals surface area contributed by atoms with Crippen molar-refractivity contribution in [3.05, 3.63) is 23.8 Å². The van der Waals surface area contributed by atoms with E-state index in [0.29, 0.717) is 24.2 Å². The summed E-state index contributed by atoms with van der Waals surface area (Å²) in [6, 6.07) is 0. The second kappa shape index (κ2) is 12.5. The fraction of sp³-hybridized carbons (Fsp3) is 0.840. The Kier molecular flexibility index (Phi) is 10.7. The van der Waals surface area contributed by atoms with E-state index in [1.54, 1.807) is 28.4 Å². The zero-order chi connectivity index (χ0) is 23.1. The molecule has 6 nitrogen and oxygen atoms in total. The van der Waals surface area contributed by atoms with Crippen molar-refractivity contribution < 1.29 is 28.8 Å². The van der Waals surface area contributed by atoms with Crippen LogP contribution in [0, 0.1) is 23.7 Å². The number of hydrogen-bond donors (Lipinski definition) is 1. The van der Waals surface area contributed by atoms with E-state index >= 15 is 0 Å². The van der Waals surface area contributed by atoms with Crippen molar-refractivity contribution in [2.24, 2.45) is 23.7 Å². The van der Waals surface area contributed by atoms with Crippen LogP contribution in [-0.2, 0) is 23.7 Å². The van der Waals surface area contributed by atoms with Crippen LogP contribution in [-0.4, -0.2) is 70.4 Å². The second-order valence-electron chi connectivity index (χ2n) is 9.20. The largest absolute Gasteiger partial charge is 0.392 e. The molecule has 0 bridgehead atoms. The van der Waals surface area contributed by atoms with Crippen molar-refractivity contribution in [2.45, 2.75) is 83.8 Å². The van der Waals surface area contributed by atoms with E-state index in [-0.39, 0.29) is 36.4 Å². The van der Waals surface area contributed by atoms with Crippen molar-refractivity contribution in [3.63, 3.8) is 0 Å². The predicted octanol–water partition coefficient (Wildman–Crippen LogP) is 3.97. The molecule has 0 spiro atoms. The van der Waals surface area contributed by atoms with Gasteiger partial charge in [0.05, 0.1) is 18.3 Å². The van der Waals surface area contributed by atoms with Gasteiger partial charge in [0.15, 0.2) is 6.29 Å². The highest BCUT2D eigenvalue weighted by Gasteiger charge is 2.48. The van der Waals surface area contributed by atoms with E-state index in [1.165, 1.54) is 0 Å². The van der Waals surface area contributed by atoms with E-state index in [4.69, 9.17) is 23.7 Å². The van der Waals surface area contributed by atoms with Crippen LogP contribution in [0.25, 0.3) is 0 Å². The number of ether oxygens (including phenoxy) is 5. The molecule has 6 heteroatoms. The lowest BCUT2D eigenvalue weighted by Crippen LogP contribution is -2.49. The molecule has 1 heterocycles. The van der Waals surface area contributed by atoms with Gasteiger partial charge in [0.2, 0.25) is 0 Å². The van der Waals surface area contributed by atoms with Crippen molar-refractivity contribution in [1.82, 2.24) is 0 Å². The van der Waals surface area contributed by atoms with Crippen molar-refractivity contribution in [1.29, 1.82) is 0 Å². The van der Waals surface area contributed by atoms with Gasteiger partial charge in [-0.3, -0.25) is 0 Å². The summed E-state index contributed by atoms with van der Waals surface area (Å²) in [4.78, 5) is 0. The van der Waals surface area contributed by atoms with Crippen LogP contribution in [0.15, 0.2) is 23.8 Å². The van der Waals surface area contributed by atoms with Crippen molar-refractivity contribution >= 4 is 0 Å². The summed E-state index contributed by atoms with van der Waals surface area (Å²) >= 11 is 0. The van der Waals surface area contributed by atoms with Crippen LogP contribution in [0.5, 0.6) is 0 Å². The molecular weight excluding hydrogens is 396 g/mol. The Morgan fingerprint density at radius 2 is 1.71 bits per heavy atom. The fourth-order valence-electron chi connectivity index (χ4n) is 5.06. The van der Waals surface area contributed by atoms with Gasteiger partial charge in [-0.05, 0) is 43.1 Å². The Balaban J connectivity index is 1.93. The quantitative estimate of drug-likeness (QED) is 0.463. The zero-order valence-corrected chi connectivity index (χ0v) is 20.6. The van der Waals surface area contributed by atoms with Crippen LogP contribution in [0.4, 0.5) is 0 Å². The normalized spacial score (nSPS) is 35.7. The molecule has 1 aliphatic carbocycles. The molecule has 2 aliphatic rings. The lowest BCUT2D eigenvalue weighted by molar-refractivity contribution is -0.256. The summed E-state index contributed by atoms with van der Waals surface area (Å²) in [5.74, 6) is 1.47. The minimum absolute atomic E-state index is 0.0870. The fourth-order valence-corrected chi connectivity index (χ4v) is 5.06. The first-order valence-corrected chi connectivity index (χ1v) is 11.6. The van der Waals surface area contributed by atoms with Crippen LogP contribution >= 0.6 is 0 Å². The third-order valence-electron chi connectivity index (χ3n) is 7.28. The summed E-state index contributed by atoms with van der Waals surface area (Å²) in [6.07, 6.45) is 8.05. The molecule has 0 unspecified atom stereocenters. The number of hydrogen-bond acceptors (Lipinski definition) is 6. The highest BCUT2D eigenvalue weighted by atomic mass is 16.7. The topological polar surface area (TPSA) is 66.4 Å². The molecule has 0 aromatic carbocycles. The molecule has 0 aromatic heterocycles. The molecule has 1 saturated heterocycles. The number of allylic oxidation sites excluding steroid dienone is 2. The van der Waals surface area contributed by atoms with E-state index in [1.807, 2.05) is 19.1 Å². The van der Waals surface area contributed by atoms with Gasteiger partial charge in [-0.25, -0.2) is 0 Å². The molecule has 1 N–H and O–H groups in total. The molecule has 0 amide bonds. The molecule has 0 aromatic rings. The maximum atomic E-state index is 10.8. The van der Waals surface area contributed by atoms with Gasteiger partial charge in [-0.15, -0.1) is 0 Å². The summed E-state index contributed by atoms with van der Waals surface area (Å²) in [5, 5.41) is 10.8. The summed E-state index contributed by atoms with van der Waals surface area (Å²) in [5.41, 5.74) is 1.06. The van der Waals surface area contributed by atoms with Gasteiger partial charge >= 0.3 is 0 Å². The van der Waals surface area contributed by atoms with Crippen molar-refractivity contribution in [3.8, 4) is 0 Å². The zero-order valence-electron chi connectivity index (χ0n) is 20.6. The van der Waals surface area contributed by atoms with Gasteiger partial charge in [0.1, 0.15) is 12.2 Å². The predicted molar refractivity (Wildman–Crippen MR) is 122 cm³/mol. The van der Waals surface area contributed by atoms with Crippen LogP contribution < -0.4 is 0 Å². The maximum absolute atomic E-state index is 10.8. The Morgan fingerprint density at radius 1 is 1.03 bits per heavy atom. The molecular formula is C25H44O6. The van der Waals surface area contributed by atoms with Gasteiger partial charge in [-0.1, -0.05) is 39.0 Å². The smallest absolute Gasteiger partial charge is 0.184 e. The Hall–Kier alpha value is -0.760. The number of methoxy groups -OCH3 is 4. The van der Waals surface area contributed by atoms with Gasteiger partial charge < -0.3 is 28.8 Å². The van der Waals surface area contributed by atoms with Crippen LogP contribution in [0.3, 0.4) is 0 Å². The van der Waals surface area contributed by atoms with Gasteiger partial charge in [0, 0.05) is 40.8 Å². The third kappa shape index (κ3) is 6.62. The van der Waals surface area contributed by atoms with Gasteiger partial charge in [-0.2, -0.15) is 0 Å². The first kappa shape index (κ1) is 26.5. The van der Waals surface area contributed by atoms with Crippen LogP contribution in [0.1, 0.15) is 47.0 Å². The molecule has 0 radical (unpaired) electrons. The lowest BCUT2D eigenvalue weighted by atomic mass is 9.91. The highest BCUT2D eigenvalue weighted by molar-refractivity contribution is 5.18. The van der Waals surface area contributed by atoms with E-state index in [9.17, 15) is 5.11 Å². The third-order valence-corrected chi connectivity index (χ3v) is 7.28. The number of aliphatic hydroxyl groups excluding tert-OH is 1. The Labute approximate surface area is 188 Å². The molecule has 31 heavy (non-hydrogen) atoms. The molecule has 1 saturated carbocycles. The maximum Gasteiger partial charge on any atom is 0.184 e. The van der Waals surface area contributed by atoms with E-state index in [0.717, 1.165) is 18.4 Å². The molecule has 180 valence electrons. The summed E-state index contributed by atoms with van der Waals surface area (Å²) in [7, 11) is 6.77. The second-order valence-corrected chi connectivity index (χ2v) is 9.20. The Morgan fingerprint density at radius 3 is 2.26 bits per heavy atom. The number of rotatable bonds is 12. The first-order chi connectivity index (χ1) is 14.8. The molecule has 2 rings (SSSR count). The van der Waals surface area contributed by atoms with Gasteiger partial charge in [0.25, 0.3) is 0 Å². The monoisotopic (exact) mass is 440 g/mol. The van der Waals surface area contributed by atoms with Crippen LogP contribution in [0.2, 0.25) is 0 Å². The SMILES string of the molecule is CC[C@H](OC)[C@@H](C)[C@H]1C[C@@H]1[C@H](O)[C@@H](C)/C=C/C=C(\C)[C@@H]1O[C@@H](OC)[C@H](OC)C[C@H]1OC. The lowest BCUT2D eigenvalue weighted by Gasteiger charge is -2.39. The molecule has 10 atom stereocenters. The summed E-state index contributed by atoms with van der Waals surface area (Å²) in [6.45, 7) is 8.53. The highest BCUT2D eigenvalue weighted by Crippen LogP contribution is 2.49. The molecule has 2 fully saturated rings. The Bertz CT molecular complexity index is 587. The minimum atomic E-state index is -0.415. The average Bonchev–Trinajstić information content (AvgIpc) is 3.58. The molecule has 1 aliphatic heterocycles.